The van der Waals surface area contributed by atoms with E-state index in [4.69, 9.17) is 5.73 Å². The van der Waals surface area contributed by atoms with Crippen LogP contribution in [-0.2, 0) is 5.54 Å². The van der Waals surface area contributed by atoms with Crippen LogP contribution in [0.3, 0.4) is 0 Å². The SMILES string of the molecule is Cc1ccccc1C(C)(C)N.I. The van der Waals surface area contributed by atoms with Crippen LogP contribution in [-0.4, -0.2) is 0 Å². The van der Waals surface area contributed by atoms with Gasteiger partial charge in [0.2, 0.25) is 0 Å². The van der Waals surface area contributed by atoms with Crippen LogP contribution >= 0.6 is 24.0 Å². The van der Waals surface area contributed by atoms with Gasteiger partial charge >= 0.3 is 0 Å². The number of hydrogen-bond donors (Lipinski definition) is 1. The predicted molar refractivity (Wildman–Crippen MR) is 63.8 cm³/mol. The van der Waals surface area contributed by atoms with Crippen molar-refractivity contribution in [1.82, 2.24) is 0 Å². The fraction of sp³-hybridized carbons (Fsp3) is 0.400. The van der Waals surface area contributed by atoms with Gasteiger partial charge in [0.1, 0.15) is 0 Å². The van der Waals surface area contributed by atoms with Crippen molar-refractivity contribution in [1.29, 1.82) is 0 Å². The molecule has 0 spiro atoms. The van der Waals surface area contributed by atoms with E-state index in [9.17, 15) is 0 Å². The first kappa shape index (κ1) is 11.9. The second-order valence-electron chi connectivity index (χ2n) is 3.54. The van der Waals surface area contributed by atoms with Crippen molar-refractivity contribution in [2.45, 2.75) is 26.3 Å². The summed E-state index contributed by atoms with van der Waals surface area (Å²) in [7, 11) is 0. The zero-order valence-corrected chi connectivity index (χ0v) is 10.1. The first-order chi connectivity index (χ1) is 5.02. The molecule has 1 nitrogen and oxygen atoms in total. The van der Waals surface area contributed by atoms with Crippen LogP contribution in [0.5, 0.6) is 0 Å². The van der Waals surface area contributed by atoms with E-state index in [0.29, 0.717) is 0 Å². The third kappa shape index (κ3) is 2.75. The molecule has 68 valence electrons. The van der Waals surface area contributed by atoms with E-state index in [0.717, 1.165) is 0 Å². The predicted octanol–water partition coefficient (Wildman–Crippen LogP) is 2.81. The molecule has 2 N–H and O–H groups in total. The molecule has 0 atom stereocenters. The van der Waals surface area contributed by atoms with Crippen molar-refractivity contribution in [2.24, 2.45) is 5.73 Å². The van der Waals surface area contributed by atoms with Crippen molar-refractivity contribution < 1.29 is 0 Å². The lowest BCUT2D eigenvalue weighted by Gasteiger charge is -2.21. The minimum Gasteiger partial charge on any atom is -0.322 e. The molecule has 1 aromatic carbocycles. The first-order valence-corrected chi connectivity index (χ1v) is 3.87. The third-order valence-corrected chi connectivity index (χ3v) is 1.84. The molecule has 0 amide bonds. The summed E-state index contributed by atoms with van der Waals surface area (Å²) in [6.45, 7) is 6.13. The summed E-state index contributed by atoms with van der Waals surface area (Å²) in [5.74, 6) is 0. The lowest BCUT2D eigenvalue weighted by molar-refractivity contribution is 0.551. The van der Waals surface area contributed by atoms with E-state index in [-0.39, 0.29) is 29.5 Å². The molecule has 0 heterocycles. The van der Waals surface area contributed by atoms with Crippen LogP contribution < -0.4 is 5.73 Å². The van der Waals surface area contributed by atoms with Gasteiger partial charge in [0, 0.05) is 5.54 Å². The van der Waals surface area contributed by atoms with Crippen molar-refractivity contribution in [2.75, 3.05) is 0 Å². The van der Waals surface area contributed by atoms with Gasteiger partial charge in [-0.2, -0.15) is 0 Å². The zero-order valence-electron chi connectivity index (χ0n) is 7.79. The molecule has 0 radical (unpaired) electrons. The van der Waals surface area contributed by atoms with E-state index in [1.807, 2.05) is 26.0 Å². The second kappa shape index (κ2) is 4.23. The maximum atomic E-state index is 5.96. The largest absolute Gasteiger partial charge is 0.322 e. The minimum absolute atomic E-state index is 0. The number of hydrogen-bond acceptors (Lipinski definition) is 1. The topological polar surface area (TPSA) is 26.0 Å². The number of nitrogens with two attached hydrogens (primary N) is 1. The lowest BCUT2D eigenvalue weighted by Crippen LogP contribution is -2.29. The number of rotatable bonds is 1. The standard InChI is InChI=1S/C10H15N.HI/c1-8-6-4-5-7-9(8)10(2,3)11;/h4-7H,11H2,1-3H3;1H. The number of benzene rings is 1. The van der Waals surface area contributed by atoms with Gasteiger partial charge in [0.25, 0.3) is 0 Å². The van der Waals surface area contributed by atoms with Gasteiger partial charge in [-0.3, -0.25) is 0 Å². The fourth-order valence-corrected chi connectivity index (χ4v) is 1.30. The molecule has 0 aliphatic carbocycles. The molecule has 0 aliphatic heterocycles. The van der Waals surface area contributed by atoms with Gasteiger partial charge in [0.15, 0.2) is 0 Å². The van der Waals surface area contributed by atoms with Crippen LogP contribution in [0.4, 0.5) is 0 Å². The Morgan fingerprint density at radius 3 is 2.00 bits per heavy atom. The Morgan fingerprint density at radius 1 is 1.17 bits per heavy atom. The Balaban J connectivity index is 0.00000121. The minimum atomic E-state index is -0.217. The molecule has 1 rings (SSSR count). The highest BCUT2D eigenvalue weighted by Crippen LogP contribution is 2.19. The second-order valence-corrected chi connectivity index (χ2v) is 3.54. The number of aryl methyl sites for hydroxylation is 1. The average Bonchev–Trinajstić information content (AvgIpc) is 1.86. The molecular formula is C10H16IN. The molecule has 0 aliphatic rings. The Hall–Kier alpha value is -0.0900. The smallest absolute Gasteiger partial charge is 0.0355 e. The molecule has 0 saturated carbocycles. The third-order valence-electron chi connectivity index (χ3n) is 1.84. The molecular weight excluding hydrogens is 261 g/mol. The Kier molecular flexibility index (Phi) is 4.20. The van der Waals surface area contributed by atoms with Crippen molar-refractivity contribution in [3.63, 3.8) is 0 Å². The molecule has 1 aromatic rings. The van der Waals surface area contributed by atoms with Crippen LogP contribution in [0.2, 0.25) is 0 Å². The highest BCUT2D eigenvalue weighted by atomic mass is 127. The Labute approximate surface area is 91.4 Å². The highest BCUT2D eigenvalue weighted by Gasteiger charge is 2.14. The summed E-state index contributed by atoms with van der Waals surface area (Å²) in [5.41, 5.74) is 8.23. The number of halogens is 1. The van der Waals surface area contributed by atoms with Gasteiger partial charge in [-0.25, -0.2) is 0 Å². The summed E-state index contributed by atoms with van der Waals surface area (Å²) >= 11 is 0. The van der Waals surface area contributed by atoms with Gasteiger partial charge < -0.3 is 5.73 Å². The summed E-state index contributed by atoms with van der Waals surface area (Å²) in [6, 6.07) is 8.22. The molecule has 0 saturated heterocycles. The van der Waals surface area contributed by atoms with E-state index < -0.39 is 0 Å². The van der Waals surface area contributed by atoms with Crippen molar-refractivity contribution in [3.05, 3.63) is 35.4 Å². The maximum absolute atomic E-state index is 5.96. The summed E-state index contributed by atoms with van der Waals surface area (Å²) in [4.78, 5) is 0. The summed E-state index contributed by atoms with van der Waals surface area (Å²) in [6.07, 6.45) is 0. The average molecular weight is 277 g/mol. The van der Waals surface area contributed by atoms with E-state index in [2.05, 4.69) is 19.1 Å². The Bertz CT molecular complexity index is 250. The Morgan fingerprint density at radius 2 is 1.67 bits per heavy atom. The van der Waals surface area contributed by atoms with Crippen molar-refractivity contribution in [3.8, 4) is 0 Å². The van der Waals surface area contributed by atoms with Crippen LogP contribution in [0.25, 0.3) is 0 Å². The molecule has 0 unspecified atom stereocenters. The van der Waals surface area contributed by atoms with Gasteiger partial charge in [-0.05, 0) is 31.9 Å². The van der Waals surface area contributed by atoms with E-state index in [1.54, 1.807) is 0 Å². The first-order valence-electron chi connectivity index (χ1n) is 3.87. The van der Waals surface area contributed by atoms with Crippen LogP contribution in [0.15, 0.2) is 24.3 Å². The highest BCUT2D eigenvalue weighted by molar-refractivity contribution is 14.0. The van der Waals surface area contributed by atoms with Crippen molar-refractivity contribution >= 4 is 24.0 Å². The van der Waals surface area contributed by atoms with Crippen LogP contribution in [0.1, 0.15) is 25.0 Å². The zero-order chi connectivity index (χ0) is 8.48. The monoisotopic (exact) mass is 277 g/mol. The van der Waals surface area contributed by atoms with Gasteiger partial charge in [0.05, 0.1) is 0 Å². The fourth-order valence-electron chi connectivity index (χ4n) is 1.30. The van der Waals surface area contributed by atoms with Gasteiger partial charge in [-0.15, -0.1) is 24.0 Å². The summed E-state index contributed by atoms with van der Waals surface area (Å²) < 4.78 is 0. The maximum Gasteiger partial charge on any atom is 0.0355 e. The lowest BCUT2D eigenvalue weighted by atomic mass is 9.92. The van der Waals surface area contributed by atoms with E-state index in [1.165, 1.54) is 11.1 Å². The quantitative estimate of drug-likeness (QED) is 0.785. The molecule has 12 heavy (non-hydrogen) atoms. The molecule has 0 aromatic heterocycles. The molecule has 0 bridgehead atoms. The molecule has 0 fully saturated rings. The van der Waals surface area contributed by atoms with Crippen LogP contribution in [0, 0.1) is 6.92 Å². The van der Waals surface area contributed by atoms with E-state index >= 15 is 0 Å². The van der Waals surface area contributed by atoms with Gasteiger partial charge in [-0.1, -0.05) is 24.3 Å². The molecule has 2 heteroatoms. The normalized spacial score (nSPS) is 10.7. The summed E-state index contributed by atoms with van der Waals surface area (Å²) in [5, 5.41) is 0.